The first-order valence-electron chi connectivity index (χ1n) is 6.72. The Labute approximate surface area is 120 Å². The second-order valence-electron chi connectivity index (χ2n) is 5.03. The van der Waals surface area contributed by atoms with Crippen LogP contribution in [0.25, 0.3) is 5.52 Å². The lowest BCUT2D eigenvalue weighted by molar-refractivity contribution is 0.0991. The molecule has 0 saturated heterocycles. The molecule has 0 aliphatic carbocycles. The van der Waals surface area contributed by atoms with E-state index in [4.69, 9.17) is 5.73 Å². The number of hydrogen-bond donors (Lipinski definition) is 1. The van der Waals surface area contributed by atoms with Crippen molar-refractivity contribution in [1.82, 2.24) is 14.6 Å². The van der Waals surface area contributed by atoms with Gasteiger partial charge in [-0.25, -0.2) is 4.52 Å². The molecule has 0 radical (unpaired) electrons. The van der Waals surface area contributed by atoms with Crippen molar-refractivity contribution in [1.29, 1.82) is 0 Å². The normalized spacial score (nSPS) is 13.6. The summed E-state index contributed by atoms with van der Waals surface area (Å²) in [6.07, 6.45) is 7.40. The highest BCUT2D eigenvalue weighted by atomic mass is 16.2. The van der Waals surface area contributed by atoms with E-state index in [0.29, 0.717) is 23.3 Å². The molecule has 1 amide bonds. The number of nitrogens with two attached hydrogens (primary N) is 1. The largest absolute Gasteiger partial charge is 0.397 e. The minimum Gasteiger partial charge on any atom is -0.397 e. The Morgan fingerprint density at radius 3 is 3.10 bits per heavy atom. The van der Waals surface area contributed by atoms with Crippen LogP contribution in [0.4, 0.5) is 11.4 Å². The van der Waals surface area contributed by atoms with Gasteiger partial charge in [0.2, 0.25) is 0 Å². The van der Waals surface area contributed by atoms with Gasteiger partial charge in [-0.3, -0.25) is 9.78 Å². The van der Waals surface area contributed by atoms with Crippen molar-refractivity contribution in [2.75, 3.05) is 17.2 Å². The van der Waals surface area contributed by atoms with Gasteiger partial charge in [0.25, 0.3) is 5.91 Å². The van der Waals surface area contributed by atoms with Crippen LogP contribution in [0.2, 0.25) is 0 Å². The highest BCUT2D eigenvalue weighted by Gasteiger charge is 2.29. The van der Waals surface area contributed by atoms with Gasteiger partial charge in [-0.05, 0) is 18.1 Å². The first-order valence-corrected chi connectivity index (χ1v) is 6.72. The predicted molar refractivity (Wildman–Crippen MR) is 79.2 cm³/mol. The molecule has 6 heteroatoms. The lowest BCUT2D eigenvalue weighted by Crippen LogP contribution is -2.29. The van der Waals surface area contributed by atoms with Gasteiger partial charge < -0.3 is 10.6 Å². The van der Waals surface area contributed by atoms with Gasteiger partial charge in [0.15, 0.2) is 0 Å². The number of hydrogen-bond acceptors (Lipinski definition) is 4. The Hall–Kier alpha value is -2.89. The van der Waals surface area contributed by atoms with Crippen molar-refractivity contribution < 1.29 is 4.79 Å². The summed E-state index contributed by atoms with van der Waals surface area (Å²) in [5.41, 5.74) is 9.85. The van der Waals surface area contributed by atoms with E-state index in [-0.39, 0.29) is 5.91 Å². The number of carbonyl (C=O) groups is 1. The SMILES string of the molecule is Nc1cccc2c1N(C(=O)c1cnn3ccncc13)CC2. The zero-order chi connectivity index (χ0) is 14.4. The number of nitrogens with zero attached hydrogens (tertiary/aromatic N) is 4. The lowest BCUT2D eigenvalue weighted by Gasteiger charge is -2.18. The number of benzene rings is 1. The number of amides is 1. The van der Waals surface area contributed by atoms with E-state index in [1.54, 1.807) is 34.2 Å². The molecule has 104 valence electrons. The number of carbonyl (C=O) groups excluding carboxylic acids is 1. The van der Waals surface area contributed by atoms with Crippen LogP contribution in [0.15, 0.2) is 43.0 Å². The molecule has 2 N–H and O–H groups in total. The van der Waals surface area contributed by atoms with E-state index < -0.39 is 0 Å². The molecule has 0 fully saturated rings. The van der Waals surface area contributed by atoms with E-state index in [9.17, 15) is 4.79 Å². The number of aromatic nitrogens is 3. The van der Waals surface area contributed by atoms with Gasteiger partial charge in [0.05, 0.1) is 34.8 Å². The summed E-state index contributed by atoms with van der Waals surface area (Å²) in [6, 6.07) is 5.75. The standard InChI is InChI=1S/C15H13N5O/c16-12-3-1-2-10-4-6-19(14(10)12)15(21)11-8-18-20-7-5-17-9-13(11)20/h1-3,5,7-9H,4,6,16H2. The maximum atomic E-state index is 12.8. The van der Waals surface area contributed by atoms with Crippen molar-refractivity contribution in [2.24, 2.45) is 0 Å². The zero-order valence-corrected chi connectivity index (χ0v) is 11.2. The third-order valence-corrected chi connectivity index (χ3v) is 3.83. The van der Waals surface area contributed by atoms with Gasteiger partial charge in [-0.1, -0.05) is 12.1 Å². The molecule has 6 nitrogen and oxygen atoms in total. The Kier molecular flexibility index (Phi) is 2.44. The second-order valence-corrected chi connectivity index (χ2v) is 5.03. The van der Waals surface area contributed by atoms with Crippen LogP contribution in [-0.2, 0) is 6.42 Å². The van der Waals surface area contributed by atoms with Crippen LogP contribution in [0.3, 0.4) is 0 Å². The Morgan fingerprint density at radius 1 is 1.29 bits per heavy atom. The van der Waals surface area contributed by atoms with E-state index >= 15 is 0 Å². The number of rotatable bonds is 1. The minimum absolute atomic E-state index is 0.0883. The highest BCUT2D eigenvalue weighted by molar-refractivity contribution is 6.12. The van der Waals surface area contributed by atoms with Gasteiger partial charge in [0.1, 0.15) is 0 Å². The molecular formula is C15H13N5O. The fraction of sp³-hybridized carbons (Fsp3) is 0.133. The lowest BCUT2D eigenvalue weighted by atomic mass is 10.1. The van der Waals surface area contributed by atoms with Crippen molar-refractivity contribution in [3.8, 4) is 0 Å². The van der Waals surface area contributed by atoms with Gasteiger partial charge >= 0.3 is 0 Å². The molecule has 21 heavy (non-hydrogen) atoms. The monoisotopic (exact) mass is 279 g/mol. The fourth-order valence-corrected chi connectivity index (χ4v) is 2.83. The molecular weight excluding hydrogens is 266 g/mol. The Bertz CT molecular complexity index is 854. The average molecular weight is 279 g/mol. The van der Waals surface area contributed by atoms with Crippen LogP contribution in [-0.4, -0.2) is 27.0 Å². The minimum atomic E-state index is -0.0883. The average Bonchev–Trinajstić information content (AvgIpc) is 3.11. The summed E-state index contributed by atoms with van der Waals surface area (Å²) >= 11 is 0. The van der Waals surface area contributed by atoms with Crippen LogP contribution >= 0.6 is 0 Å². The molecule has 1 aliphatic rings. The van der Waals surface area contributed by atoms with Crippen molar-refractivity contribution in [3.63, 3.8) is 0 Å². The first kappa shape index (κ1) is 11.9. The predicted octanol–water partition coefficient (Wildman–Crippen LogP) is 1.51. The van der Waals surface area contributed by atoms with E-state index in [2.05, 4.69) is 10.1 Å². The fourth-order valence-electron chi connectivity index (χ4n) is 2.83. The third-order valence-electron chi connectivity index (χ3n) is 3.83. The van der Waals surface area contributed by atoms with E-state index in [0.717, 1.165) is 17.7 Å². The topological polar surface area (TPSA) is 76.5 Å². The van der Waals surface area contributed by atoms with Crippen LogP contribution in [0.1, 0.15) is 15.9 Å². The van der Waals surface area contributed by atoms with Gasteiger partial charge in [-0.15, -0.1) is 0 Å². The summed E-state index contributed by atoms with van der Waals surface area (Å²) in [6.45, 7) is 0.639. The molecule has 0 bridgehead atoms. The van der Waals surface area contributed by atoms with Crippen molar-refractivity contribution >= 4 is 22.8 Å². The second kappa shape index (κ2) is 4.31. The maximum Gasteiger partial charge on any atom is 0.262 e. The number of nitrogen functional groups attached to an aromatic ring is 1. The molecule has 0 unspecified atom stereocenters. The Balaban J connectivity index is 1.81. The number of para-hydroxylation sites is 1. The summed E-state index contributed by atoms with van der Waals surface area (Å²) in [4.78, 5) is 18.6. The van der Waals surface area contributed by atoms with Crippen LogP contribution in [0.5, 0.6) is 0 Å². The third kappa shape index (κ3) is 1.69. The molecule has 4 rings (SSSR count). The van der Waals surface area contributed by atoms with Crippen LogP contribution < -0.4 is 10.6 Å². The molecule has 0 atom stereocenters. The maximum absolute atomic E-state index is 12.8. The Morgan fingerprint density at radius 2 is 2.19 bits per heavy atom. The van der Waals surface area contributed by atoms with Crippen molar-refractivity contribution in [2.45, 2.75) is 6.42 Å². The summed E-state index contributed by atoms with van der Waals surface area (Å²) < 4.78 is 1.64. The molecule has 1 aromatic carbocycles. The molecule has 2 aromatic heterocycles. The number of fused-ring (bicyclic) bond motifs is 2. The summed E-state index contributed by atoms with van der Waals surface area (Å²) in [7, 11) is 0. The molecule has 1 aliphatic heterocycles. The van der Waals surface area contributed by atoms with E-state index in [1.165, 1.54) is 0 Å². The van der Waals surface area contributed by atoms with Gasteiger partial charge in [-0.2, -0.15) is 5.10 Å². The smallest absolute Gasteiger partial charge is 0.262 e. The molecule has 3 heterocycles. The highest BCUT2D eigenvalue weighted by Crippen LogP contribution is 2.34. The summed E-state index contributed by atoms with van der Waals surface area (Å²) in [5.74, 6) is -0.0883. The molecule has 3 aromatic rings. The quantitative estimate of drug-likeness (QED) is 0.685. The summed E-state index contributed by atoms with van der Waals surface area (Å²) in [5, 5.41) is 4.19. The molecule has 0 saturated carbocycles. The molecule has 0 spiro atoms. The van der Waals surface area contributed by atoms with E-state index in [1.807, 2.05) is 18.2 Å². The van der Waals surface area contributed by atoms with Crippen LogP contribution in [0, 0.1) is 0 Å². The zero-order valence-electron chi connectivity index (χ0n) is 11.2. The number of anilines is 2. The van der Waals surface area contributed by atoms with Crippen molar-refractivity contribution in [3.05, 3.63) is 54.1 Å². The first-order chi connectivity index (χ1) is 10.3. The van der Waals surface area contributed by atoms with Gasteiger partial charge in [0, 0.05) is 18.9 Å².